The van der Waals surface area contributed by atoms with E-state index in [1.165, 1.54) is 94.6 Å². The van der Waals surface area contributed by atoms with Gasteiger partial charge in [0, 0.05) is 25.9 Å². The molecular weight excluding hydrogens is 438 g/mol. The summed E-state index contributed by atoms with van der Waals surface area (Å²) in [5, 5.41) is 0. The minimum Gasteiger partial charge on any atom is -0.395 e. The number of carbonyl (C=O) groups is 2. The summed E-state index contributed by atoms with van der Waals surface area (Å²) in [6.45, 7) is 6.72. The summed E-state index contributed by atoms with van der Waals surface area (Å²) in [7, 11) is 0. The van der Waals surface area contributed by atoms with Crippen LogP contribution < -0.4 is 0 Å². The van der Waals surface area contributed by atoms with Gasteiger partial charge in [0.2, 0.25) is 0 Å². The zero-order chi connectivity index (χ0) is 22.3. The fourth-order valence-electron chi connectivity index (χ4n) is 3.42. The molecule has 4 heteroatoms. The van der Waals surface area contributed by atoms with E-state index in [1.807, 2.05) is 0 Å². The van der Waals surface area contributed by atoms with Gasteiger partial charge in [0.05, 0.1) is 0 Å². The van der Waals surface area contributed by atoms with Gasteiger partial charge < -0.3 is 4.74 Å². The predicted molar refractivity (Wildman–Crippen MR) is 128 cm³/mol. The fourth-order valence-corrected chi connectivity index (χ4v) is 3.42. The molecule has 31 heavy (non-hydrogen) atoms. The van der Waals surface area contributed by atoms with E-state index >= 15 is 0 Å². The van der Waals surface area contributed by atoms with E-state index in [1.54, 1.807) is 0 Å². The summed E-state index contributed by atoms with van der Waals surface area (Å²) in [5.74, 6) is -0.398. The van der Waals surface area contributed by atoms with Crippen LogP contribution in [0.4, 0.5) is 0 Å². The van der Waals surface area contributed by atoms with E-state index in [0.29, 0.717) is 6.42 Å². The van der Waals surface area contributed by atoms with Crippen molar-refractivity contribution in [3.63, 3.8) is 0 Å². The molecule has 0 aliphatic rings. The number of rotatable bonds is 17. The van der Waals surface area contributed by atoms with Crippen molar-refractivity contribution in [3.8, 4) is 0 Å². The predicted octanol–water partition coefficient (Wildman–Crippen LogP) is 8.25. The van der Waals surface area contributed by atoms with E-state index < -0.39 is 5.97 Å². The standard InChI is InChI=1S/C19H36O3.C8H10.Zn/c1-2-3-4-5-6-7-8-9-10-11-12-13-14-15-16-17-19(21)22-18-20;1-7-5-3-4-6-8(7)2;/h18H,2-17H2,1H3;3-6H,1-2H3;. The van der Waals surface area contributed by atoms with E-state index in [4.69, 9.17) is 0 Å². The Morgan fingerprint density at radius 1 is 0.710 bits per heavy atom. The van der Waals surface area contributed by atoms with Gasteiger partial charge in [0.15, 0.2) is 0 Å². The van der Waals surface area contributed by atoms with E-state index in [9.17, 15) is 9.59 Å². The Kier molecular flexibility index (Phi) is 26.2. The molecule has 0 spiro atoms. The number of aryl methyl sites for hydroxylation is 2. The zero-order valence-electron chi connectivity index (χ0n) is 20.6. The molecule has 1 aromatic carbocycles. The van der Waals surface area contributed by atoms with Crippen molar-refractivity contribution in [2.75, 3.05) is 0 Å². The molecule has 0 fully saturated rings. The Morgan fingerprint density at radius 3 is 1.39 bits per heavy atom. The van der Waals surface area contributed by atoms with E-state index in [-0.39, 0.29) is 26.0 Å². The smallest absolute Gasteiger partial charge is 0.313 e. The van der Waals surface area contributed by atoms with Crippen LogP contribution in [0.2, 0.25) is 0 Å². The SMILES string of the molecule is CCCCCCCCCCCCCCCCCC(=O)OC=O.Cc1ccccc1C.[Zn]. The second-order valence-corrected chi connectivity index (χ2v) is 8.37. The van der Waals surface area contributed by atoms with Crippen LogP contribution in [0.3, 0.4) is 0 Å². The minimum absolute atomic E-state index is 0. The van der Waals surface area contributed by atoms with Crippen LogP contribution in [0.15, 0.2) is 24.3 Å². The molecular formula is C27H46O3Zn. The van der Waals surface area contributed by atoms with Crippen molar-refractivity contribution in [3.05, 3.63) is 35.4 Å². The molecule has 3 nitrogen and oxygen atoms in total. The van der Waals surface area contributed by atoms with Gasteiger partial charge >= 0.3 is 12.4 Å². The minimum atomic E-state index is -0.398. The molecule has 0 aliphatic carbocycles. The number of hydrogen-bond donors (Lipinski definition) is 0. The first-order valence-electron chi connectivity index (χ1n) is 12.3. The third kappa shape index (κ3) is 23.5. The fraction of sp³-hybridized carbons (Fsp3) is 0.704. The van der Waals surface area contributed by atoms with Crippen LogP contribution in [0, 0.1) is 13.8 Å². The van der Waals surface area contributed by atoms with Gasteiger partial charge in [-0.25, -0.2) is 0 Å². The monoisotopic (exact) mass is 482 g/mol. The number of unbranched alkanes of at least 4 members (excludes halogenated alkanes) is 14. The molecule has 0 saturated heterocycles. The normalized spacial score (nSPS) is 9.90. The maximum atomic E-state index is 10.9. The first kappa shape index (κ1) is 32.2. The molecule has 0 saturated carbocycles. The topological polar surface area (TPSA) is 43.4 Å². The third-order valence-electron chi connectivity index (χ3n) is 5.59. The maximum absolute atomic E-state index is 10.9. The van der Waals surface area contributed by atoms with Gasteiger partial charge in [-0.3, -0.25) is 9.59 Å². The van der Waals surface area contributed by atoms with Gasteiger partial charge in [-0.1, -0.05) is 121 Å². The van der Waals surface area contributed by atoms with Crippen LogP contribution in [0.5, 0.6) is 0 Å². The molecule has 174 valence electrons. The number of ether oxygens (including phenoxy) is 1. The summed E-state index contributed by atoms with van der Waals surface area (Å²) in [4.78, 5) is 20.9. The van der Waals surface area contributed by atoms with Crippen molar-refractivity contribution in [1.82, 2.24) is 0 Å². The number of hydrogen-bond acceptors (Lipinski definition) is 3. The number of carbonyl (C=O) groups excluding carboxylic acids is 2. The Hall–Kier alpha value is -1.02. The molecule has 1 aromatic rings. The van der Waals surface area contributed by atoms with Crippen LogP contribution in [-0.2, 0) is 33.8 Å². The van der Waals surface area contributed by atoms with E-state index in [2.05, 4.69) is 49.8 Å². The zero-order valence-corrected chi connectivity index (χ0v) is 23.6. The van der Waals surface area contributed by atoms with Crippen molar-refractivity contribution in [2.45, 2.75) is 124 Å². The maximum Gasteiger partial charge on any atom is 0.313 e. The molecule has 0 aliphatic heterocycles. The summed E-state index contributed by atoms with van der Waals surface area (Å²) in [6, 6.07) is 8.36. The summed E-state index contributed by atoms with van der Waals surface area (Å²) < 4.78 is 4.24. The summed E-state index contributed by atoms with van der Waals surface area (Å²) in [6.07, 6.45) is 20.0. The van der Waals surface area contributed by atoms with Gasteiger partial charge in [0.1, 0.15) is 0 Å². The second kappa shape index (κ2) is 25.2. The Balaban J connectivity index is 0. The second-order valence-electron chi connectivity index (χ2n) is 8.37. The molecule has 0 radical (unpaired) electrons. The first-order chi connectivity index (χ1) is 14.6. The molecule has 0 amide bonds. The van der Waals surface area contributed by atoms with Crippen molar-refractivity contribution in [1.29, 1.82) is 0 Å². The van der Waals surface area contributed by atoms with Gasteiger partial charge in [-0.05, 0) is 31.4 Å². The molecule has 1 rings (SSSR count). The van der Waals surface area contributed by atoms with Crippen LogP contribution >= 0.6 is 0 Å². The number of benzene rings is 1. The average Bonchev–Trinajstić information content (AvgIpc) is 2.74. The van der Waals surface area contributed by atoms with E-state index in [0.717, 1.165) is 12.8 Å². The van der Waals surface area contributed by atoms with Gasteiger partial charge in [-0.2, -0.15) is 0 Å². The third-order valence-corrected chi connectivity index (χ3v) is 5.59. The quantitative estimate of drug-likeness (QED) is 0.0736. The largest absolute Gasteiger partial charge is 0.395 e. The Morgan fingerprint density at radius 2 is 1.06 bits per heavy atom. The van der Waals surface area contributed by atoms with Crippen LogP contribution in [0.25, 0.3) is 0 Å². The van der Waals surface area contributed by atoms with Crippen molar-refractivity contribution >= 4 is 12.4 Å². The Labute approximate surface area is 204 Å². The van der Waals surface area contributed by atoms with Crippen LogP contribution in [-0.4, -0.2) is 12.4 Å². The summed E-state index contributed by atoms with van der Waals surface area (Å²) in [5.41, 5.74) is 2.74. The first-order valence-corrected chi connectivity index (χ1v) is 12.3. The van der Waals surface area contributed by atoms with Gasteiger partial charge in [0.25, 0.3) is 0 Å². The molecule has 0 heterocycles. The molecule has 0 N–H and O–H groups in total. The average molecular weight is 484 g/mol. The van der Waals surface area contributed by atoms with Crippen molar-refractivity contribution in [2.24, 2.45) is 0 Å². The van der Waals surface area contributed by atoms with Crippen molar-refractivity contribution < 1.29 is 33.8 Å². The number of esters is 1. The Bertz CT molecular complexity index is 510. The van der Waals surface area contributed by atoms with Crippen LogP contribution in [0.1, 0.15) is 121 Å². The molecule has 0 aromatic heterocycles. The molecule has 0 unspecified atom stereocenters. The van der Waals surface area contributed by atoms with Gasteiger partial charge in [-0.15, -0.1) is 0 Å². The molecule has 0 bridgehead atoms. The molecule has 0 atom stereocenters. The summed E-state index contributed by atoms with van der Waals surface area (Å²) >= 11 is 0.